The first-order valence-electron chi connectivity index (χ1n) is 6.88. The largest absolute Gasteiger partial charge is 0.308 e. The van der Waals surface area contributed by atoms with Crippen molar-refractivity contribution < 1.29 is 0 Å². The van der Waals surface area contributed by atoms with Crippen LogP contribution in [0.3, 0.4) is 0 Å². The van der Waals surface area contributed by atoms with Crippen molar-refractivity contribution in [2.75, 3.05) is 12.3 Å². The van der Waals surface area contributed by atoms with Crippen LogP contribution in [0.5, 0.6) is 0 Å². The molecule has 1 heterocycles. The molecule has 0 bridgehead atoms. The van der Waals surface area contributed by atoms with Crippen LogP contribution < -0.4 is 5.32 Å². The molecule has 0 spiro atoms. The Hall–Kier alpha value is -0.780. The maximum absolute atomic E-state index is 4.37. The smallest absolute Gasteiger partial charge is 0.0587 e. The summed E-state index contributed by atoms with van der Waals surface area (Å²) in [6.07, 6.45) is 1.88. The molecule has 0 saturated carbocycles. The van der Waals surface area contributed by atoms with Gasteiger partial charge in [-0.3, -0.25) is 4.68 Å². The quantitative estimate of drug-likeness (QED) is 0.759. The summed E-state index contributed by atoms with van der Waals surface area (Å²) < 4.78 is 3.19. The number of hydrogen-bond acceptors (Lipinski definition) is 3. The number of hydrogen-bond donors (Lipinski definition) is 1. The Morgan fingerprint density at radius 2 is 2.20 bits per heavy atom. The minimum atomic E-state index is 0.325. The number of nitrogens with one attached hydrogen (secondary N) is 1. The van der Waals surface area contributed by atoms with Crippen LogP contribution in [0, 0.1) is 0 Å². The molecule has 0 fully saturated rings. The van der Waals surface area contributed by atoms with Gasteiger partial charge in [0.2, 0.25) is 0 Å². The van der Waals surface area contributed by atoms with Crippen LogP contribution in [0.4, 0.5) is 0 Å². The molecule has 20 heavy (non-hydrogen) atoms. The van der Waals surface area contributed by atoms with Gasteiger partial charge in [0.05, 0.1) is 11.7 Å². The van der Waals surface area contributed by atoms with Gasteiger partial charge in [0.1, 0.15) is 0 Å². The van der Waals surface area contributed by atoms with Gasteiger partial charge in [-0.25, -0.2) is 0 Å². The predicted octanol–water partition coefficient (Wildman–Crippen LogP) is 4.11. The Morgan fingerprint density at radius 3 is 2.90 bits per heavy atom. The molecule has 2 aromatic rings. The van der Waals surface area contributed by atoms with Crippen molar-refractivity contribution in [1.82, 2.24) is 15.1 Å². The second-order valence-corrected chi connectivity index (χ2v) is 6.46. The van der Waals surface area contributed by atoms with Crippen LogP contribution >= 0.6 is 27.7 Å². The lowest BCUT2D eigenvalue weighted by Crippen LogP contribution is -2.25. The first-order chi connectivity index (χ1) is 9.74. The molecule has 108 valence electrons. The summed E-state index contributed by atoms with van der Waals surface area (Å²) in [5, 5.41) is 7.92. The molecule has 0 radical (unpaired) electrons. The van der Waals surface area contributed by atoms with E-state index in [4.69, 9.17) is 0 Å². The van der Waals surface area contributed by atoms with Crippen molar-refractivity contribution in [2.45, 2.75) is 31.3 Å². The fourth-order valence-corrected chi connectivity index (χ4v) is 3.72. The van der Waals surface area contributed by atoms with Crippen LogP contribution in [0.25, 0.3) is 0 Å². The summed E-state index contributed by atoms with van der Waals surface area (Å²) in [6, 6.07) is 10.9. The minimum Gasteiger partial charge on any atom is -0.308 e. The molecular formula is C15H20BrN3S. The van der Waals surface area contributed by atoms with Crippen LogP contribution in [0.15, 0.2) is 45.9 Å². The van der Waals surface area contributed by atoms with Gasteiger partial charge >= 0.3 is 0 Å². The lowest BCUT2D eigenvalue weighted by atomic mass is 10.2. The van der Waals surface area contributed by atoms with Crippen LogP contribution in [-0.4, -0.2) is 22.1 Å². The fraction of sp³-hybridized carbons (Fsp3) is 0.400. The third-order valence-electron chi connectivity index (χ3n) is 3.07. The van der Waals surface area contributed by atoms with Gasteiger partial charge in [-0.1, -0.05) is 28.9 Å². The van der Waals surface area contributed by atoms with Crippen LogP contribution in [-0.2, 0) is 6.54 Å². The molecule has 0 amide bonds. The van der Waals surface area contributed by atoms with Crippen molar-refractivity contribution >= 4 is 27.7 Å². The average molecular weight is 354 g/mol. The highest BCUT2D eigenvalue weighted by molar-refractivity contribution is 9.10. The summed E-state index contributed by atoms with van der Waals surface area (Å²) >= 11 is 5.38. The van der Waals surface area contributed by atoms with E-state index in [1.54, 1.807) is 0 Å². The summed E-state index contributed by atoms with van der Waals surface area (Å²) in [5.41, 5.74) is 1.26. The number of rotatable bonds is 7. The van der Waals surface area contributed by atoms with Crippen LogP contribution in [0.2, 0.25) is 0 Å². The molecule has 1 atom stereocenters. The van der Waals surface area contributed by atoms with Gasteiger partial charge in [-0.2, -0.15) is 5.10 Å². The van der Waals surface area contributed by atoms with Crippen molar-refractivity contribution in [1.29, 1.82) is 0 Å². The molecule has 1 aromatic heterocycles. The second kappa shape index (κ2) is 7.86. The molecule has 0 aliphatic heterocycles. The average Bonchev–Trinajstić information content (AvgIpc) is 2.92. The van der Waals surface area contributed by atoms with E-state index in [0.29, 0.717) is 6.04 Å². The monoisotopic (exact) mass is 353 g/mol. The Morgan fingerprint density at radius 1 is 1.35 bits per heavy atom. The summed E-state index contributed by atoms with van der Waals surface area (Å²) in [4.78, 5) is 1.28. The Bertz CT molecular complexity index is 541. The number of nitrogens with zero attached hydrogens (tertiary/aromatic N) is 2. The molecular weight excluding hydrogens is 334 g/mol. The van der Waals surface area contributed by atoms with Crippen molar-refractivity contribution in [3.05, 3.63) is 46.7 Å². The van der Waals surface area contributed by atoms with Gasteiger partial charge in [-0.15, -0.1) is 11.8 Å². The lowest BCUT2D eigenvalue weighted by molar-refractivity contribution is 0.527. The number of benzene rings is 1. The van der Waals surface area contributed by atoms with E-state index in [2.05, 4.69) is 75.2 Å². The molecule has 0 aliphatic carbocycles. The molecule has 1 N–H and O–H groups in total. The Labute approximate surface area is 133 Å². The maximum atomic E-state index is 4.37. The third kappa shape index (κ3) is 4.11. The fourth-order valence-electron chi connectivity index (χ4n) is 2.13. The molecule has 1 aromatic carbocycles. The van der Waals surface area contributed by atoms with Gasteiger partial charge in [0, 0.05) is 27.9 Å². The SMILES string of the molecule is CCNC(CSc1cccc(Br)c1)c1ccnn1CC. The number of aryl methyl sites for hydroxylation is 1. The van der Waals surface area contributed by atoms with Crippen LogP contribution in [0.1, 0.15) is 25.6 Å². The molecule has 0 saturated heterocycles. The number of thioether (sulfide) groups is 1. The molecule has 0 aliphatic rings. The first-order valence-corrected chi connectivity index (χ1v) is 8.66. The van der Waals surface area contributed by atoms with Crippen molar-refractivity contribution in [2.24, 2.45) is 0 Å². The highest BCUT2D eigenvalue weighted by Crippen LogP contribution is 2.26. The van der Waals surface area contributed by atoms with E-state index in [-0.39, 0.29) is 0 Å². The van der Waals surface area contributed by atoms with E-state index in [0.717, 1.165) is 23.3 Å². The van der Waals surface area contributed by atoms with Gasteiger partial charge < -0.3 is 5.32 Å². The van der Waals surface area contributed by atoms with Gasteiger partial charge in [0.15, 0.2) is 0 Å². The Kier molecular flexibility index (Phi) is 6.13. The topological polar surface area (TPSA) is 29.9 Å². The zero-order valence-corrected chi connectivity index (χ0v) is 14.2. The standard InChI is InChI=1S/C15H20BrN3S/c1-3-17-14(15-8-9-18-19(15)4-2)11-20-13-7-5-6-12(16)10-13/h5-10,14,17H,3-4,11H2,1-2H3. The highest BCUT2D eigenvalue weighted by atomic mass is 79.9. The summed E-state index contributed by atoms with van der Waals surface area (Å²) in [7, 11) is 0. The zero-order chi connectivity index (χ0) is 14.4. The maximum Gasteiger partial charge on any atom is 0.0587 e. The highest BCUT2D eigenvalue weighted by Gasteiger charge is 2.15. The zero-order valence-electron chi connectivity index (χ0n) is 11.8. The third-order valence-corrected chi connectivity index (χ3v) is 4.65. The molecule has 5 heteroatoms. The second-order valence-electron chi connectivity index (χ2n) is 4.45. The molecule has 3 nitrogen and oxygen atoms in total. The minimum absolute atomic E-state index is 0.325. The number of halogens is 1. The van der Waals surface area contributed by atoms with Gasteiger partial charge in [-0.05, 0) is 37.7 Å². The van der Waals surface area contributed by atoms with Crippen molar-refractivity contribution in [3.63, 3.8) is 0 Å². The van der Waals surface area contributed by atoms with E-state index >= 15 is 0 Å². The molecule has 1 unspecified atom stereocenters. The normalized spacial score (nSPS) is 12.6. The van der Waals surface area contributed by atoms with E-state index in [1.165, 1.54) is 10.6 Å². The summed E-state index contributed by atoms with van der Waals surface area (Å²) in [5.74, 6) is 0.996. The van der Waals surface area contributed by atoms with E-state index in [9.17, 15) is 0 Å². The predicted molar refractivity (Wildman–Crippen MR) is 89.2 cm³/mol. The first kappa shape index (κ1) is 15.6. The summed E-state index contributed by atoms with van der Waals surface area (Å²) in [6.45, 7) is 6.13. The van der Waals surface area contributed by atoms with Gasteiger partial charge in [0.25, 0.3) is 0 Å². The Balaban J connectivity index is 2.06. The molecule has 2 rings (SSSR count). The lowest BCUT2D eigenvalue weighted by Gasteiger charge is -2.18. The number of aromatic nitrogens is 2. The van der Waals surface area contributed by atoms with E-state index < -0.39 is 0 Å². The van der Waals surface area contributed by atoms with Crippen molar-refractivity contribution in [3.8, 4) is 0 Å². The van der Waals surface area contributed by atoms with E-state index in [1.807, 2.05) is 18.0 Å².